The smallest absolute Gasteiger partial charge is 0.337 e. The fourth-order valence-electron chi connectivity index (χ4n) is 4.42. The molecule has 0 unspecified atom stereocenters. The van der Waals surface area contributed by atoms with Gasteiger partial charge in [-0.15, -0.1) is 10.2 Å². The van der Waals surface area contributed by atoms with Crippen LogP contribution < -0.4 is 32.7 Å². The second-order valence-corrected chi connectivity index (χ2v) is 10.5. The van der Waals surface area contributed by atoms with Crippen molar-refractivity contribution >= 4 is 47.1 Å². The maximum absolute atomic E-state index is 14.7. The minimum atomic E-state index is -1.54. The number of rotatable bonds is 12. The molecule has 2 aromatic heterocycles. The molecule has 0 fully saturated rings. The van der Waals surface area contributed by atoms with Crippen LogP contribution in [-0.2, 0) is 16.0 Å². The lowest BCUT2D eigenvalue weighted by Crippen LogP contribution is -2.36. The molecule has 1 aliphatic heterocycles. The Hall–Kier alpha value is -7.55. The van der Waals surface area contributed by atoms with Crippen molar-refractivity contribution in [2.45, 2.75) is 6.42 Å². The minimum absolute atomic E-state index is 0.0848. The Morgan fingerprint density at radius 2 is 1.66 bits per heavy atom. The number of aldehydes is 1. The summed E-state index contributed by atoms with van der Waals surface area (Å²) in [5.41, 5.74) is 8.95. The van der Waals surface area contributed by atoms with Crippen molar-refractivity contribution in [3.05, 3.63) is 113 Å². The number of amides is 2. The Bertz CT molecular complexity index is 2160. The van der Waals surface area contributed by atoms with E-state index in [1.807, 2.05) is 0 Å². The van der Waals surface area contributed by atoms with Gasteiger partial charge in [0.25, 0.3) is 11.8 Å². The predicted octanol–water partition coefficient (Wildman–Crippen LogP) is 1.19. The summed E-state index contributed by atoms with van der Waals surface area (Å²) in [5.74, 6) is -0.695. The van der Waals surface area contributed by atoms with Gasteiger partial charge in [-0.05, 0) is 48.0 Å². The third-order valence-electron chi connectivity index (χ3n) is 7.06. The Morgan fingerprint density at radius 3 is 2.23 bits per heavy atom. The van der Waals surface area contributed by atoms with E-state index in [0.717, 1.165) is 24.3 Å². The first-order valence-corrected chi connectivity index (χ1v) is 14.9. The monoisotopic (exact) mass is 733 g/mol. The number of hydrazine groups is 1. The summed E-state index contributed by atoms with van der Waals surface area (Å²) >= 11 is 0. The molecular weight excluding hydrogens is 704 g/mol. The van der Waals surface area contributed by atoms with Gasteiger partial charge >= 0.3 is 11.9 Å². The van der Waals surface area contributed by atoms with Crippen LogP contribution in [0.1, 0.15) is 36.8 Å². The van der Waals surface area contributed by atoms with Gasteiger partial charge in [-0.3, -0.25) is 19.0 Å². The fourth-order valence-corrected chi connectivity index (χ4v) is 4.42. The molecule has 3 heterocycles. The van der Waals surface area contributed by atoms with Crippen LogP contribution in [0.15, 0.2) is 83.8 Å². The molecule has 0 saturated heterocycles. The quantitative estimate of drug-likeness (QED) is 0.0611. The zero-order valence-corrected chi connectivity index (χ0v) is 27.4. The van der Waals surface area contributed by atoms with Gasteiger partial charge in [0, 0.05) is 31.9 Å². The van der Waals surface area contributed by atoms with Crippen molar-refractivity contribution < 1.29 is 47.7 Å². The van der Waals surface area contributed by atoms with Gasteiger partial charge in [0.05, 0.1) is 29.1 Å². The van der Waals surface area contributed by atoms with E-state index in [9.17, 15) is 37.9 Å². The van der Waals surface area contributed by atoms with Crippen LogP contribution in [0.3, 0.4) is 0 Å². The Labute approximate surface area is 297 Å². The van der Waals surface area contributed by atoms with Crippen LogP contribution in [-0.4, -0.2) is 84.5 Å². The van der Waals surface area contributed by atoms with Crippen LogP contribution in [0, 0.1) is 11.6 Å². The van der Waals surface area contributed by atoms with Crippen LogP contribution in [0.2, 0.25) is 0 Å². The number of primary amides is 1. The first-order chi connectivity index (χ1) is 25.2. The standard InChI is InChI=1S/C24H23F2N7O7.C8H6N4O/c1-30-16-9-19(14(26)8-11(16)23(36)37)40-5-4-10-6-17(12(24(38)39)7-13(10)25)31-22(35)15-2-3-18(33(29)32-15)20(27)21(28)34;13-5-7-1-2-8(11-10-7)12-4-3-9-6-12/h2-3,6-9,30H,4-5,27,29H2,1H3,(H2,28,34)(H,31,35)(H,36,37)(H,38,39);1-6H/b20-18-;. The van der Waals surface area contributed by atoms with E-state index in [-0.39, 0.29) is 52.7 Å². The van der Waals surface area contributed by atoms with Gasteiger partial charge < -0.3 is 37.1 Å². The van der Waals surface area contributed by atoms with Crippen molar-refractivity contribution in [3.8, 4) is 11.6 Å². The highest BCUT2D eigenvalue weighted by atomic mass is 19.1. The first kappa shape index (κ1) is 38.3. The molecule has 0 atom stereocenters. The van der Waals surface area contributed by atoms with Gasteiger partial charge in [-0.25, -0.2) is 29.2 Å². The van der Waals surface area contributed by atoms with E-state index in [1.165, 1.54) is 13.1 Å². The lowest BCUT2D eigenvalue weighted by Gasteiger charge is -2.20. The number of carboxylic acid groups (broad SMARTS) is 2. The first-order valence-electron chi connectivity index (χ1n) is 14.9. The summed E-state index contributed by atoms with van der Waals surface area (Å²) in [6.07, 6.45) is 7.82. The third-order valence-corrected chi connectivity index (χ3v) is 7.06. The highest BCUT2D eigenvalue weighted by Gasteiger charge is 2.23. The number of nitrogens with two attached hydrogens (primary N) is 3. The van der Waals surface area contributed by atoms with Gasteiger partial charge in [0.1, 0.15) is 29.2 Å². The molecule has 53 heavy (non-hydrogen) atoms. The number of benzene rings is 2. The number of hydrazone groups is 1. The predicted molar refractivity (Wildman–Crippen MR) is 182 cm³/mol. The lowest BCUT2D eigenvalue weighted by molar-refractivity contribution is -0.114. The van der Waals surface area contributed by atoms with Crippen molar-refractivity contribution in [2.75, 3.05) is 24.3 Å². The number of carbonyl (C=O) groups is 5. The summed E-state index contributed by atoms with van der Waals surface area (Å²) in [7, 11) is 1.44. The molecule has 1 aliphatic rings. The van der Waals surface area contributed by atoms with E-state index in [1.54, 1.807) is 35.4 Å². The summed E-state index contributed by atoms with van der Waals surface area (Å²) in [6, 6.07) is 6.97. The third kappa shape index (κ3) is 9.37. The zero-order valence-electron chi connectivity index (χ0n) is 27.4. The Balaban J connectivity index is 0.000000401. The van der Waals surface area contributed by atoms with Crippen LogP contribution in [0.25, 0.3) is 5.82 Å². The van der Waals surface area contributed by atoms with Gasteiger partial charge in [-0.2, -0.15) is 10.2 Å². The number of nitrogens with one attached hydrogen (secondary N) is 2. The van der Waals surface area contributed by atoms with Gasteiger partial charge in [-0.1, -0.05) is 0 Å². The van der Waals surface area contributed by atoms with E-state index in [4.69, 9.17) is 27.2 Å². The number of aromatic carboxylic acids is 2. The molecule has 10 N–H and O–H groups in total. The van der Waals surface area contributed by atoms with Gasteiger partial charge in [0.15, 0.2) is 29.4 Å². The molecule has 0 bridgehead atoms. The van der Waals surface area contributed by atoms with Crippen molar-refractivity contribution in [2.24, 2.45) is 22.4 Å². The number of carbonyl (C=O) groups excluding carboxylic acids is 3. The summed E-state index contributed by atoms with van der Waals surface area (Å²) in [6.45, 7) is -0.294. The molecule has 0 spiro atoms. The number of ether oxygens (including phenoxy) is 1. The molecular formula is C32H29F2N11O8. The van der Waals surface area contributed by atoms with Crippen molar-refractivity contribution in [1.82, 2.24) is 24.9 Å². The zero-order chi connectivity index (χ0) is 38.8. The maximum atomic E-state index is 14.7. The summed E-state index contributed by atoms with van der Waals surface area (Å²) in [5, 5.41) is 35.5. The molecule has 2 aromatic carbocycles. The van der Waals surface area contributed by atoms with Gasteiger partial charge in [0.2, 0.25) is 0 Å². The largest absolute Gasteiger partial charge is 0.490 e. The van der Waals surface area contributed by atoms with Crippen molar-refractivity contribution in [1.29, 1.82) is 0 Å². The fraction of sp³-hybridized carbons (Fsp3) is 0.0938. The Morgan fingerprint density at radius 1 is 0.962 bits per heavy atom. The number of carboxylic acids is 2. The average Bonchev–Trinajstić information content (AvgIpc) is 3.68. The number of imidazole rings is 1. The number of anilines is 2. The van der Waals surface area contributed by atoms with Crippen LogP contribution in [0.5, 0.6) is 5.75 Å². The molecule has 0 radical (unpaired) electrons. The van der Waals surface area contributed by atoms with E-state index in [2.05, 4.69) is 30.9 Å². The second-order valence-electron chi connectivity index (χ2n) is 10.5. The summed E-state index contributed by atoms with van der Waals surface area (Å²) < 4.78 is 36.1. The number of halogens is 2. The van der Waals surface area contributed by atoms with E-state index >= 15 is 0 Å². The van der Waals surface area contributed by atoms with Crippen LogP contribution in [0.4, 0.5) is 20.2 Å². The number of nitrogens with zero attached hydrogens (tertiary/aromatic N) is 6. The number of allylic oxidation sites excluding steroid dienone is 1. The molecule has 5 rings (SSSR count). The molecule has 2 amide bonds. The lowest BCUT2D eigenvalue weighted by atomic mass is 10.1. The molecule has 0 aliphatic carbocycles. The molecule has 19 nitrogen and oxygen atoms in total. The highest BCUT2D eigenvalue weighted by Crippen LogP contribution is 2.27. The molecule has 21 heteroatoms. The van der Waals surface area contributed by atoms with Crippen LogP contribution >= 0.6 is 0 Å². The number of hydrogen-bond donors (Lipinski definition) is 7. The van der Waals surface area contributed by atoms with E-state index < -0.39 is 46.6 Å². The molecule has 4 aromatic rings. The topological polar surface area (TPSA) is 296 Å². The molecule has 274 valence electrons. The average molecular weight is 734 g/mol. The normalized spacial score (nSPS) is 12.8. The number of aromatic nitrogens is 4. The maximum Gasteiger partial charge on any atom is 0.337 e. The SMILES string of the molecule is CNc1cc(OCCc2cc(NC(=O)C3=NN(N)/C(=C(\N)C(N)=O)C=C3)c(C(=O)O)cc2F)c(F)cc1C(=O)O.O=Cc1ccc(-n2ccnc2)nn1. The van der Waals surface area contributed by atoms with Crippen molar-refractivity contribution in [3.63, 3.8) is 0 Å². The van der Waals surface area contributed by atoms with E-state index in [0.29, 0.717) is 29.0 Å². The number of hydrogen-bond acceptors (Lipinski definition) is 14. The highest BCUT2D eigenvalue weighted by molar-refractivity contribution is 6.47. The molecule has 0 saturated carbocycles. The Kier molecular flexibility index (Phi) is 12.2. The summed E-state index contributed by atoms with van der Waals surface area (Å²) in [4.78, 5) is 61.1. The second kappa shape index (κ2) is 16.9. The minimum Gasteiger partial charge on any atom is -0.490 e.